The molecular formula is C18H14Br4O4. The third-order valence-electron chi connectivity index (χ3n) is 3.33. The van der Waals surface area contributed by atoms with Crippen molar-refractivity contribution >= 4 is 75.7 Å². The summed E-state index contributed by atoms with van der Waals surface area (Å²) in [5.74, 6) is -1.22. The van der Waals surface area contributed by atoms with Gasteiger partial charge in [-0.05, 0) is 75.7 Å². The molecule has 4 nitrogen and oxygen atoms in total. The molecule has 0 radical (unpaired) electrons. The van der Waals surface area contributed by atoms with Gasteiger partial charge in [-0.15, -0.1) is 0 Å². The summed E-state index contributed by atoms with van der Waals surface area (Å²) in [5.41, 5.74) is 1.06. The summed E-state index contributed by atoms with van der Waals surface area (Å²) in [6.45, 7) is 2.25. The number of hydrogen-bond donors (Lipinski definition) is 0. The van der Waals surface area contributed by atoms with Crippen LogP contribution in [0.3, 0.4) is 0 Å². The van der Waals surface area contributed by atoms with Crippen molar-refractivity contribution in [3.05, 3.63) is 64.9 Å². The molecule has 0 fully saturated rings. The van der Waals surface area contributed by atoms with E-state index < -0.39 is 11.9 Å². The molecule has 2 rings (SSSR count). The van der Waals surface area contributed by atoms with Crippen LogP contribution in [0.1, 0.15) is 39.6 Å². The van der Waals surface area contributed by atoms with Gasteiger partial charge in [-0.2, -0.15) is 0 Å². The molecular weight excluding hydrogens is 600 g/mol. The van der Waals surface area contributed by atoms with Crippen molar-refractivity contribution in [2.45, 2.75) is 20.0 Å². The Labute approximate surface area is 185 Å². The molecule has 0 N–H and O–H groups in total. The van der Waals surface area contributed by atoms with Crippen LogP contribution in [0.15, 0.2) is 48.2 Å². The summed E-state index contributed by atoms with van der Waals surface area (Å²) in [6.07, 6.45) is 0.677. The quantitative estimate of drug-likeness (QED) is 0.208. The molecule has 0 aliphatic rings. The number of halogens is 4. The number of hydrogen-bond acceptors (Lipinski definition) is 4. The molecule has 138 valence electrons. The minimum Gasteiger partial charge on any atom is -0.462 e. The number of carbonyl (C=O) groups excluding carboxylic acids is 2. The highest BCUT2D eigenvalue weighted by molar-refractivity contribution is 9.15. The Morgan fingerprint density at radius 2 is 1.31 bits per heavy atom. The Balaban J connectivity index is 2.41. The summed E-state index contributed by atoms with van der Waals surface area (Å²) in [4.78, 5) is 25.3. The second-order valence-electron chi connectivity index (χ2n) is 5.20. The van der Waals surface area contributed by atoms with Crippen molar-refractivity contribution < 1.29 is 19.1 Å². The van der Waals surface area contributed by atoms with Crippen LogP contribution in [0, 0.1) is 0 Å². The van der Waals surface area contributed by atoms with Crippen LogP contribution in [-0.2, 0) is 16.1 Å². The van der Waals surface area contributed by atoms with Crippen molar-refractivity contribution in [2.75, 3.05) is 6.61 Å². The first-order valence-corrected chi connectivity index (χ1v) is 10.8. The van der Waals surface area contributed by atoms with Gasteiger partial charge in [-0.25, -0.2) is 9.59 Å². The van der Waals surface area contributed by atoms with Crippen LogP contribution < -0.4 is 0 Å². The fourth-order valence-corrected chi connectivity index (χ4v) is 4.52. The highest BCUT2D eigenvalue weighted by Gasteiger charge is 2.29. The number of ether oxygens (including phenoxy) is 2. The molecule has 0 saturated carbocycles. The Bertz CT molecular complexity index is 822. The molecule has 0 saturated heterocycles. The van der Waals surface area contributed by atoms with Crippen LogP contribution in [0.25, 0.3) is 0 Å². The summed E-state index contributed by atoms with van der Waals surface area (Å²) >= 11 is 13.5. The lowest BCUT2D eigenvalue weighted by Gasteiger charge is -2.16. The van der Waals surface area contributed by atoms with Crippen molar-refractivity contribution in [1.82, 2.24) is 0 Å². The first-order valence-electron chi connectivity index (χ1n) is 7.62. The maximum absolute atomic E-state index is 12.7. The third kappa shape index (κ3) is 4.97. The van der Waals surface area contributed by atoms with Crippen LogP contribution in [0.2, 0.25) is 0 Å². The summed E-state index contributed by atoms with van der Waals surface area (Å²) in [5, 5.41) is 0. The molecule has 8 heteroatoms. The largest absolute Gasteiger partial charge is 0.462 e. The van der Waals surface area contributed by atoms with Gasteiger partial charge in [0.1, 0.15) is 6.61 Å². The molecule has 2 aromatic rings. The van der Waals surface area contributed by atoms with Gasteiger partial charge in [0, 0.05) is 17.9 Å². The lowest BCUT2D eigenvalue weighted by molar-refractivity contribution is 0.0437. The molecule has 0 bridgehead atoms. The second kappa shape index (κ2) is 10.0. The monoisotopic (exact) mass is 610 g/mol. The first-order chi connectivity index (χ1) is 12.4. The van der Waals surface area contributed by atoms with Gasteiger partial charge in [-0.3, -0.25) is 0 Å². The maximum Gasteiger partial charge on any atom is 0.340 e. The standard InChI is InChI=1S/C18H14Br4O4/c1-2-8-25-17(23)11-12(14(20)16(22)15(21)13(11)19)18(24)26-9-10-6-4-3-5-7-10/h3-7H,2,8-9H2,1H3. The Kier molecular flexibility index (Phi) is 8.32. The zero-order valence-electron chi connectivity index (χ0n) is 13.7. The van der Waals surface area contributed by atoms with Crippen LogP contribution in [0.5, 0.6) is 0 Å². The van der Waals surface area contributed by atoms with E-state index in [-0.39, 0.29) is 24.3 Å². The third-order valence-corrected chi connectivity index (χ3v) is 8.09. The molecule has 0 heterocycles. The zero-order valence-corrected chi connectivity index (χ0v) is 20.0. The Morgan fingerprint density at radius 3 is 1.81 bits per heavy atom. The van der Waals surface area contributed by atoms with Gasteiger partial charge in [0.2, 0.25) is 0 Å². The average Bonchev–Trinajstić information content (AvgIpc) is 2.65. The molecule has 0 aromatic heterocycles. The molecule has 0 aliphatic heterocycles. The molecule has 26 heavy (non-hydrogen) atoms. The van der Waals surface area contributed by atoms with Crippen molar-refractivity contribution in [3.8, 4) is 0 Å². The molecule has 2 aromatic carbocycles. The van der Waals surface area contributed by atoms with E-state index in [2.05, 4.69) is 63.7 Å². The molecule has 0 spiro atoms. The predicted molar refractivity (Wildman–Crippen MR) is 113 cm³/mol. The number of benzene rings is 2. The van der Waals surface area contributed by atoms with Crippen LogP contribution in [0.4, 0.5) is 0 Å². The minimum absolute atomic E-state index is 0.0981. The van der Waals surface area contributed by atoms with Crippen molar-refractivity contribution in [1.29, 1.82) is 0 Å². The van der Waals surface area contributed by atoms with Gasteiger partial charge in [0.25, 0.3) is 0 Å². The fraction of sp³-hybridized carbons (Fsp3) is 0.222. The smallest absolute Gasteiger partial charge is 0.340 e. The van der Waals surface area contributed by atoms with Crippen LogP contribution in [-0.4, -0.2) is 18.5 Å². The van der Waals surface area contributed by atoms with Crippen molar-refractivity contribution in [2.24, 2.45) is 0 Å². The molecule has 0 atom stereocenters. The Hall–Kier alpha value is -0.700. The maximum atomic E-state index is 12.7. The summed E-state index contributed by atoms with van der Waals surface area (Å²) in [6, 6.07) is 9.31. The van der Waals surface area contributed by atoms with E-state index in [1.54, 1.807) is 0 Å². The highest BCUT2D eigenvalue weighted by atomic mass is 79.9. The van der Waals surface area contributed by atoms with Gasteiger partial charge < -0.3 is 9.47 Å². The molecule has 0 aliphatic carbocycles. The minimum atomic E-state index is -0.627. The number of rotatable bonds is 6. The lowest BCUT2D eigenvalue weighted by Crippen LogP contribution is -2.17. The topological polar surface area (TPSA) is 52.6 Å². The number of carbonyl (C=O) groups is 2. The Morgan fingerprint density at radius 1 is 0.808 bits per heavy atom. The van der Waals surface area contributed by atoms with E-state index in [0.29, 0.717) is 24.3 Å². The highest BCUT2D eigenvalue weighted by Crippen LogP contribution is 2.42. The van der Waals surface area contributed by atoms with E-state index >= 15 is 0 Å². The van der Waals surface area contributed by atoms with E-state index in [1.165, 1.54) is 0 Å². The first kappa shape index (κ1) is 21.6. The van der Waals surface area contributed by atoms with Crippen LogP contribution >= 0.6 is 63.7 Å². The van der Waals surface area contributed by atoms with Gasteiger partial charge in [-0.1, -0.05) is 37.3 Å². The lowest BCUT2D eigenvalue weighted by atomic mass is 10.1. The zero-order chi connectivity index (χ0) is 19.3. The normalized spacial score (nSPS) is 10.5. The second-order valence-corrected chi connectivity index (χ2v) is 8.38. The van der Waals surface area contributed by atoms with E-state index in [4.69, 9.17) is 9.47 Å². The summed E-state index contributed by atoms with van der Waals surface area (Å²) < 4.78 is 12.6. The van der Waals surface area contributed by atoms with E-state index in [9.17, 15) is 9.59 Å². The van der Waals surface area contributed by atoms with Gasteiger partial charge in [0.05, 0.1) is 17.7 Å². The SMILES string of the molecule is CCCOC(=O)c1c(Br)c(Br)c(Br)c(Br)c1C(=O)OCc1ccccc1. The summed E-state index contributed by atoms with van der Waals surface area (Å²) in [7, 11) is 0. The molecule has 0 amide bonds. The fourth-order valence-electron chi connectivity index (χ4n) is 2.08. The number of esters is 2. The van der Waals surface area contributed by atoms with E-state index in [0.717, 1.165) is 5.56 Å². The molecule has 0 unspecified atom stereocenters. The average molecular weight is 614 g/mol. The predicted octanol–water partition coefficient (Wildman–Crippen LogP) is 6.66. The van der Waals surface area contributed by atoms with E-state index in [1.807, 2.05) is 37.3 Å². The van der Waals surface area contributed by atoms with Gasteiger partial charge >= 0.3 is 11.9 Å². The van der Waals surface area contributed by atoms with Gasteiger partial charge in [0.15, 0.2) is 0 Å². The van der Waals surface area contributed by atoms with Crippen molar-refractivity contribution in [3.63, 3.8) is 0 Å².